The number of nitrogens with zero attached hydrogens (tertiary/aromatic N) is 3. The fourth-order valence-electron chi connectivity index (χ4n) is 1.34. The van der Waals surface area contributed by atoms with Gasteiger partial charge in [0.15, 0.2) is 0 Å². The molecule has 0 aliphatic heterocycles. The van der Waals surface area contributed by atoms with Crippen LogP contribution in [0.2, 0.25) is 0 Å². The van der Waals surface area contributed by atoms with Crippen LogP contribution in [-0.2, 0) is 0 Å². The van der Waals surface area contributed by atoms with E-state index < -0.39 is 0 Å². The zero-order valence-corrected chi connectivity index (χ0v) is 7.23. The van der Waals surface area contributed by atoms with Crippen LogP contribution in [0.3, 0.4) is 0 Å². The standard InChI is InChI=1S/C9H11N3/c1-7(2)8-3-4-9-11-5-10-6-12(8)9/h3-7H,1-2H3. The third-order valence-corrected chi connectivity index (χ3v) is 1.96. The minimum absolute atomic E-state index is 0.512. The summed E-state index contributed by atoms with van der Waals surface area (Å²) < 4.78 is 2.02. The molecular formula is C9H11N3. The van der Waals surface area contributed by atoms with Crippen LogP contribution >= 0.6 is 0 Å². The van der Waals surface area contributed by atoms with E-state index in [4.69, 9.17) is 0 Å². The first kappa shape index (κ1) is 7.28. The number of rotatable bonds is 1. The van der Waals surface area contributed by atoms with Gasteiger partial charge >= 0.3 is 0 Å². The molecule has 0 aromatic carbocycles. The average molecular weight is 161 g/mol. The van der Waals surface area contributed by atoms with Crippen molar-refractivity contribution in [1.82, 2.24) is 14.4 Å². The predicted molar refractivity (Wildman–Crippen MR) is 47.1 cm³/mol. The average Bonchev–Trinajstić information content (AvgIpc) is 2.47. The van der Waals surface area contributed by atoms with Crippen molar-refractivity contribution in [2.75, 3.05) is 0 Å². The normalized spacial score (nSPS) is 11.2. The summed E-state index contributed by atoms with van der Waals surface area (Å²) in [6.07, 6.45) is 3.37. The first-order valence-electron chi connectivity index (χ1n) is 4.06. The van der Waals surface area contributed by atoms with Gasteiger partial charge < -0.3 is 0 Å². The lowest BCUT2D eigenvalue weighted by atomic mass is 10.1. The summed E-state index contributed by atoms with van der Waals surface area (Å²) >= 11 is 0. The van der Waals surface area contributed by atoms with E-state index in [0.29, 0.717) is 5.92 Å². The molecule has 2 rings (SSSR count). The Bertz CT molecular complexity index is 389. The Labute approximate surface area is 71.1 Å². The molecule has 0 atom stereocenters. The highest BCUT2D eigenvalue weighted by Gasteiger charge is 2.04. The van der Waals surface area contributed by atoms with Crippen molar-refractivity contribution < 1.29 is 0 Å². The van der Waals surface area contributed by atoms with Crippen LogP contribution in [-0.4, -0.2) is 14.4 Å². The second-order valence-electron chi connectivity index (χ2n) is 3.15. The number of fused-ring (bicyclic) bond motifs is 1. The Morgan fingerprint density at radius 3 is 2.92 bits per heavy atom. The molecule has 3 heteroatoms. The molecule has 62 valence electrons. The van der Waals surface area contributed by atoms with Gasteiger partial charge in [0.05, 0.1) is 0 Å². The minimum Gasteiger partial charge on any atom is -0.289 e. The van der Waals surface area contributed by atoms with Crippen molar-refractivity contribution in [3.63, 3.8) is 0 Å². The lowest BCUT2D eigenvalue weighted by Gasteiger charge is -2.03. The molecule has 0 bridgehead atoms. The summed E-state index contributed by atoms with van der Waals surface area (Å²) in [6, 6.07) is 4.10. The lowest BCUT2D eigenvalue weighted by molar-refractivity contribution is 0.796. The van der Waals surface area contributed by atoms with Crippen molar-refractivity contribution in [3.8, 4) is 0 Å². The van der Waals surface area contributed by atoms with Gasteiger partial charge in [-0.3, -0.25) is 4.40 Å². The molecule has 0 fully saturated rings. The Balaban J connectivity index is 2.70. The van der Waals surface area contributed by atoms with Gasteiger partial charge in [-0.25, -0.2) is 9.97 Å². The van der Waals surface area contributed by atoms with Crippen LogP contribution in [0.1, 0.15) is 25.5 Å². The Morgan fingerprint density at radius 2 is 2.17 bits per heavy atom. The highest BCUT2D eigenvalue weighted by molar-refractivity contribution is 5.41. The molecule has 0 saturated heterocycles. The lowest BCUT2D eigenvalue weighted by Crippen LogP contribution is -1.96. The van der Waals surface area contributed by atoms with Crippen LogP contribution in [0.5, 0.6) is 0 Å². The quantitative estimate of drug-likeness (QED) is 0.639. The highest BCUT2D eigenvalue weighted by atomic mass is 15.1. The van der Waals surface area contributed by atoms with E-state index in [1.165, 1.54) is 5.69 Å². The summed E-state index contributed by atoms with van der Waals surface area (Å²) in [5.41, 5.74) is 2.22. The van der Waals surface area contributed by atoms with Gasteiger partial charge in [-0.2, -0.15) is 0 Å². The van der Waals surface area contributed by atoms with Crippen molar-refractivity contribution in [1.29, 1.82) is 0 Å². The maximum absolute atomic E-state index is 4.14. The molecule has 0 saturated carbocycles. The van der Waals surface area contributed by atoms with E-state index >= 15 is 0 Å². The maximum atomic E-state index is 4.14. The summed E-state index contributed by atoms with van der Waals surface area (Å²) in [7, 11) is 0. The highest BCUT2D eigenvalue weighted by Crippen LogP contribution is 2.15. The molecule has 3 nitrogen and oxygen atoms in total. The van der Waals surface area contributed by atoms with Crippen LogP contribution in [0.15, 0.2) is 24.8 Å². The molecule has 0 aliphatic carbocycles. The zero-order valence-electron chi connectivity index (χ0n) is 7.23. The summed E-state index contributed by atoms with van der Waals surface area (Å²) in [5.74, 6) is 0.512. The fraction of sp³-hybridized carbons (Fsp3) is 0.333. The molecule has 0 amide bonds. The molecule has 0 spiro atoms. The zero-order chi connectivity index (χ0) is 8.55. The van der Waals surface area contributed by atoms with Crippen LogP contribution in [0.25, 0.3) is 5.65 Å². The van der Waals surface area contributed by atoms with Crippen molar-refractivity contribution in [2.45, 2.75) is 19.8 Å². The minimum atomic E-state index is 0.512. The van der Waals surface area contributed by atoms with Gasteiger partial charge in [0.25, 0.3) is 0 Å². The molecule has 0 aliphatic rings. The van der Waals surface area contributed by atoms with Gasteiger partial charge in [-0.15, -0.1) is 0 Å². The van der Waals surface area contributed by atoms with E-state index in [1.807, 2.05) is 10.5 Å². The molecule has 0 radical (unpaired) electrons. The maximum Gasteiger partial charge on any atom is 0.139 e. The number of hydrogen-bond acceptors (Lipinski definition) is 2. The SMILES string of the molecule is CC(C)c1ccc2ncncn12. The first-order chi connectivity index (χ1) is 5.79. The summed E-state index contributed by atoms with van der Waals surface area (Å²) in [5, 5.41) is 0. The van der Waals surface area contributed by atoms with E-state index in [9.17, 15) is 0 Å². The Kier molecular flexibility index (Phi) is 1.57. The summed E-state index contributed by atoms with van der Waals surface area (Å²) in [4.78, 5) is 8.12. The molecule has 2 aromatic rings. The monoisotopic (exact) mass is 161 g/mol. The van der Waals surface area contributed by atoms with Gasteiger partial charge in [-0.05, 0) is 18.1 Å². The third kappa shape index (κ3) is 0.978. The second-order valence-corrected chi connectivity index (χ2v) is 3.15. The Hall–Kier alpha value is -1.38. The fourth-order valence-corrected chi connectivity index (χ4v) is 1.34. The van der Waals surface area contributed by atoms with E-state index in [2.05, 4.69) is 29.9 Å². The van der Waals surface area contributed by atoms with Gasteiger partial charge in [-0.1, -0.05) is 13.8 Å². The topological polar surface area (TPSA) is 30.2 Å². The number of hydrogen-bond donors (Lipinski definition) is 0. The predicted octanol–water partition coefficient (Wildman–Crippen LogP) is 1.85. The summed E-state index contributed by atoms with van der Waals surface area (Å²) in [6.45, 7) is 4.32. The van der Waals surface area contributed by atoms with Crippen LogP contribution in [0.4, 0.5) is 0 Å². The van der Waals surface area contributed by atoms with Gasteiger partial charge in [0.2, 0.25) is 0 Å². The van der Waals surface area contributed by atoms with Crippen LogP contribution in [0, 0.1) is 0 Å². The molecule has 0 N–H and O–H groups in total. The van der Waals surface area contributed by atoms with Crippen LogP contribution < -0.4 is 0 Å². The molecule has 2 heterocycles. The van der Waals surface area contributed by atoms with E-state index in [-0.39, 0.29) is 0 Å². The molecule has 0 unspecified atom stereocenters. The Morgan fingerprint density at radius 1 is 1.33 bits per heavy atom. The van der Waals surface area contributed by atoms with Crippen molar-refractivity contribution in [3.05, 3.63) is 30.5 Å². The van der Waals surface area contributed by atoms with Crippen molar-refractivity contribution >= 4 is 5.65 Å². The third-order valence-electron chi connectivity index (χ3n) is 1.96. The molecule has 2 aromatic heterocycles. The number of aromatic nitrogens is 3. The smallest absolute Gasteiger partial charge is 0.139 e. The molecular weight excluding hydrogens is 150 g/mol. The van der Waals surface area contributed by atoms with Crippen molar-refractivity contribution in [2.24, 2.45) is 0 Å². The molecule has 12 heavy (non-hydrogen) atoms. The van der Waals surface area contributed by atoms with Gasteiger partial charge in [0.1, 0.15) is 18.3 Å². The van der Waals surface area contributed by atoms with Gasteiger partial charge in [0, 0.05) is 5.69 Å². The first-order valence-corrected chi connectivity index (χ1v) is 4.06. The van der Waals surface area contributed by atoms with E-state index in [0.717, 1.165) is 5.65 Å². The largest absolute Gasteiger partial charge is 0.289 e. The van der Waals surface area contributed by atoms with E-state index in [1.54, 1.807) is 12.7 Å². The second kappa shape index (κ2) is 2.59.